The van der Waals surface area contributed by atoms with Crippen LogP contribution in [0.1, 0.15) is 25.5 Å². The van der Waals surface area contributed by atoms with E-state index in [2.05, 4.69) is 36.6 Å². The quantitative estimate of drug-likeness (QED) is 0.599. The van der Waals surface area contributed by atoms with Gasteiger partial charge in [-0.25, -0.2) is 4.68 Å². The number of ether oxygens (including phenoxy) is 1. The molecule has 1 atom stereocenters. The molecule has 2 N–H and O–H groups in total. The lowest BCUT2D eigenvalue weighted by atomic mass is 9.95. The Balaban J connectivity index is 1.75. The average Bonchev–Trinajstić information content (AvgIpc) is 3.16. The van der Waals surface area contributed by atoms with Gasteiger partial charge in [-0.05, 0) is 43.7 Å². The number of nitrogens with one attached hydrogen (secondary N) is 2. The van der Waals surface area contributed by atoms with E-state index in [1.807, 2.05) is 62.4 Å². The first kappa shape index (κ1) is 19.2. The third kappa shape index (κ3) is 3.75. The minimum Gasteiger partial charge on any atom is -0.492 e. The van der Waals surface area contributed by atoms with Gasteiger partial charge in [0.2, 0.25) is 5.95 Å². The Morgan fingerprint density at radius 1 is 1.28 bits per heavy atom. The van der Waals surface area contributed by atoms with Crippen molar-refractivity contribution in [1.82, 2.24) is 14.8 Å². The predicted octanol–water partition coefficient (Wildman–Crippen LogP) is 4.37. The van der Waals surface area contributed by atoms with E-state index >= 15 is 0 Å². The molecule has 1 aliphatic rings. The van der Waals surface area contributed by atoms with Crippen LogP contribution in [0.2, 0.25) is 0 Å². The van der Waals surface area contributed by atoms with Crippen LogP contribution in [0.4, 0.5) is 11.6 Å². The molecule has 4 rings (SSSR count). The summed E-state index contributed by atoms with van der Waals surface area (Å²) in [6, 6.07) is 14.8. The van der Waals surface area contributed by atoms with Crippen LogP contribution in [0.3, 0.4) is 0 Å². The van der Waals surface area contributed by atoms with Gasteiger partial charge in [0.05, 0.1) is 17.9 Å². The highest BCUT2D eigenvalue weighted by atomic mass is 79.9. The number of carbonyl (C=O) groups is 1. The lowest BCUT2D eigenvalue weighted by Gasteiger charge is -2.29. The number of para-hydroxylation sites is 2. The van der Waals surface area contributed by atoms with Gasteiger partial charge in [-0.3, -0.25) is 4.79 Å². The summed E-state index contributed by atoms with van der Waals surface area (Å²) in [6.07, 6.45) is 1.48. The molecule has 148 valence electrons. The fourth-order valence-electron chi connectivity index (χ4n) is 3.41. The summed E-state index contributed by atoms with van der Waals surface area (Å²) >= 11 is 3.52. The van der Waals surface area contributed by atoms with Crippen molar-refractivity contribution in [1.29, 1.82) is 0 Å². The Kier molecular flexibility index (Phi) is 5.35. The fraction of sp³-hybridized carbons (Fsp3) is 0.190. The third-order valence-electron chi connectivity index (χ3n) is 4.64. The SMILES string of the molecule is CCOc1ccccc1NC(=O)C1=C(C)Nc2ncnn2C1c1cccc(Br)c1. The summed E-state index contributed by atoms with van der Waals surface area (Å²) in [5.74, 6) is 0.998. The number of hydrogen-bond acceptors (Lipinski definition) is 5. The lowest BCUT2D eigenvalue weighted by Crippen LogP contribution is -2.31. The van der Waals surface area contributed by atoms with Crippen LogP contribution in [0.25, 0.3) is 0 Å². The van der Waals surface area contributed by atoms with Gasteiger partial charge in [0.15, 0.2) is 0 Å². The van der Waals surface area contributed by atoms with Gasteiger partial charge in [0.1, 0.15) is 18.1 Å². The number of rotatable bonds is 5. The number of carbonyl (C=O) groups excluding carboxylic acids is 1. The van der Waals surface area contributed by atoms with Gasteiger partial charge in [-0.1, -0.05) is 40.2 Å². The molecule has 0 fully saturated rings. The summed E-state index contributed by atoms with van der Waals surface area (Å²) in [4.78, 5) is 17.7. The number of fused-ring (bicyclic) bond motifs is 1. The topological polar surface area (TPSA) is 81.1 Å². The molecule has 0 saturated heterocycles. The number of nitrogens with zero attached hydrogens (tertiary/aromatic N) is 3. The van der Waals surface area contributed by atoms with Gasteiger partial charge < -0.3 is 15.4 Å². The van der Waals surface area contributed by atoms with Gasteiger partial charge in [0.25, 0.3) is 5.91 Å². The van der Waals surface area contributed by atoms with E-state index in [9.17, 15) is 4.79 Å². The number of aromatic nitrogens is 3. The second-order valence-corrected chi connectivity index (χ2v) is 7.45. The van der Waals surface area contributed by atoms with Gasteiger partial charge in [-0.2, -0.15) is 10.1 Å². The summed E-state index contributed by atoms with van der Waals surface area (Å²) in [5, 5.41) is 10.5. The molecule has 2 heterocycles. The predicted molar refractivity (Wildman–Crippen MR) is 115 cm³/mol. The first-order valence-corrected chi connectivity index (χ1v) is 10.0. The lowest BCUT2D eigenvalue weighted by molar-refractivity contribution is -0.113. The molecule has 2 aromatic carbocycles. The minimum absolute atomic E-state index is 0.228. The average molecular weight is 454 g/mol. The summed E-state index contributed by atoms with van der Waals surface area (Å²) in [7, 11) is 0. The highest BCUT2D eigenvalue weighted by Gasteiger charge is 2.33. The number of amides is 1. The molecular weight excluding hydrogens is 434 g/mol. The van der Waals surface area contributed by atoms with Crippen LogP contribution in [0.15, 0.2) is 70.6 Å². The molecule has 0 aliphatic carbocycles. The molecule has 0 saturated carbocycles. The monoisotopic (exact) mass is 453 g/mol. The standard InChI is InChI=1S/C21H20BrN5O2/c1-3-29-17-10-5-4-9-16(17)26-20(28)18-13(2)25-21-23-12-24-27(21)19(18)14-7-6-8-15(22)11-14/h4-12,19H,3H2,1-2H3,(H,26,28)(H,23,24,25). The number of halogens is 1. The number of allylic oxidation sites excluding steroid dienone is 1. The van der Waals surface area contributed by atoms with Crippen LogP contribution in [-0.2, 0) is 4.79 Å². The maximum Gasteiger partial charge on any atom is 0.255 e. The Morgan fingerprint density at radius 3 is 2.90 bits per heavy atom. The molecule has 8 heteroatoms. The molecule has 0 spiro atoms. The van der Waals surface area contributed by atoms with Crippen molar-refractivity contribution < 1.29 is 9.53 Å². The zero-order valence-corrected chi connectivity index (χ0v) is 17.6. The zero-order chi connectivity index (χ0) is 20.4. The molecule has 3 aromatic rings. The van der Waals surface area contributed by atoms with Gasteiger partial charge >= 0.3 is 0 Å². The van der Waals surface area contributed by atoms with Crippen molar-refractivity contribution in [3.05, 3.63) is 76.2 Å². The van der Waals surface area contributed by atoms with E-state index in [0.29, 0.717) is 29.6 Å². The molecule has 0 bridgehead atoms. The minimum atomic E-state index is -0.412. The number of hydrogen-bond donors (Lipinski definition) is 2. The van der Waals surface area contributed by atoms with E-state index < -0.39 is 6.04 Å². The van der Waals surface area contributed by atoms with Gasteiger partial charge in [0, 0.05) is 10.2 Å². The summed E-state index contributed by atoms with van der Waals surface area (Å²) in [5.41, 5.74) is 2.83. The number of anilines is 2. The van der Waals surface area contributed by atoms with E-state index in [1.165, 1.54) is 6.33 Å². The third-order valence-corrected chi connectivity index (χ3v) is 5.13. The van der Waals surface area contributed by atoms with E-state index in [1.54, 1.807) is 4.68 Å². The van der Waals surface area contributed by atoms with Gasteiger partial charge in [-0.15, -0.1) is 0 Å². The van der Waals surface area contributed by atoms with E-state index in [-0.39, 0.29) is 5.91 Å². The Labute approximate surface area is 176 Å². The van der Waals surface area contributed by atoms with Crippen LogP contribution >= 0.6 is 15.9 Å². The first-order valence-electron chi connectivity index (χ1n) is 9.24. The molecule has 29 heavy (non-hydrogen) atoms. The Bertz CT molecular complexity index is 1090. The summed E-state index contributed by atoms with van der Waals surface area (Å²) in [6.45, 7) is 4.29. The second-order valence-electron chi connectivity index (χ2n) is 6.53. The maximum absolute atomic E-state index is 13.4. The maximum atomic E-state index is 13.4. The van der Waals surface area contributed by atoms with Crippen molar-refractivity contribution in [2.45, 2.75) is 19.9 Å². The van der Waals surface area contributed by atoms with Crippen molar-refractivity contribution in [2.75, 3.05) is 17.2 Å². The molecule has 1 unspecified atom stereocenters. The summed E-state index contributed by atoms with van der Waals surface area (Å²) < 4.78 is 8.29. The van der Waals surface area contributed by atoms with Crippen LogP contribution in [-0.4, -0.2) is 27.3 Å². The number of benzene rings is 2. The van der Waals surface area contributed by atoms with E-state index in [4.69, 9.17) is 4.74 Å². The molecule has 1 aromatic heterocycles. The molecular formula is C21H20BrN5O2. The highest BCUT2D eigenvalue weighted by molar-refractivity contribution is 9.10. The molecule has 1 aliphatic heterocycles. The highest BCUT2D eigenvalue weighted by Crippen LogP contribution is 2.36. The zero-order valence-electron chi connectivity index (χ0n) is 16.0. The van der Waals surface area contributed by atoms with Crippen LogP contribution < -0.4 is 15.4 Å². The van der Waals surface area contributed by atoms with E-state index in [0.717, 1.165) is 15.7 Å². The van der Waals surface area contributed by atoms with Crippen molar-refractivity contribution >= 4 is 33.5 Å². The smallest absolute Gasteiger partial charge is 0.255 e. The Morgan fingerprint density at radius 2 is 2.10 bits per heavy atom. The van der Waals surface area contributed by atoms with Crippen LogP contribution in [0, 0.1) is 0 Å². The van der Waals surface area contributed by atoms with Crippen LogP contribution in [0.5, 0.6) is 5.75 Å². The first-order chi connectivity index (χ1) is 14.1. The molecule has 0 radical (unpaired) electrons. The van der Waals surface area contributed by atoms with Crippen molar-refractivity contribution in [2.24, 2.45) is 0 Å². The molecule has 7 nitrogen and oxygen atoms in total. The molecule has 1 amide bonds. The van der Waals surface area contributed by atoms with Crippen molar-refractivity contribution in [3.8, 4) is 5.75 Å². The Hall–Kier alpha value is -3.13. The fourth-order valence-corrected chi connectivity index (χ4v) is 3.83. The second kappa shape index (κ2) is 8.08. The normalized spacial score (nSPS) is 15.5. The largest absolute Gasteiger partial charge is 0.492 e. The van der Waals surface area contributed by atoms with Crippen molar-refractivity contribution in [3.63, 3.8) is 0 Å².